The number of hydrogen-bond donors (Lipinski definition) is 2. The van der Waals surface area contributed by atoms with Gasteiger partial charge in [-0.05, 0) is 32.7 Å². The zero-order valence-corrected chi connectivity index (χ0v) is 10.2. The van der Waals surface area contributed by atoms with Crippen LogP contribution in [0.2, 0.25) is 0 Å². The minimum atomic E-state index is 0.696. The molecule has 84 valence electrons. The second-order valence-corrected chi connectivity index (χ2v) is 5.21. The lowest BCUT2D eigenvalue weighted by Crippen LogP contribution is -2.29. The highest BCUT2D eigenvalue weighted by Gasteiger charge is 2.23. The summed E-state index contributed by atoms with van der Waals surface area (Å²) < 4.78 is 0. The third-order valence-electron chi connectivity index (χ3n) is 3.25. The van der Waals surface area contributed by atoms with E-state index < -0.39 is 0 Å². The number of aromatic nitrogens is 1. The van der Waals surface area contributed by atoms with Crippen LogP contribution in [0.1, 0.15) is 36.6 Å². The zero-order chi connectivity index (χ0) is 10.7. The van der Waals surface area contributed by atoms with Crippen LogP contribution >= 0.6 is 11.3 Å². The Bertz CT molecular complexity index is 303. The van der Waals surface area contributed by atoms with Crippen LogP contribution in [0.4, 0.5) is 5.00 Å². The summed E-state index contributed by atoms with van der Waals surface area (Å²) in [5.74, 6) is 0.696. The summed E-state index contributed by atoms with van der Waals surface area (Å²) in [6, 6.07) is 0.727. The second kappa shape index (κ2) is 4.94. The molecule has 2 rings (SSSR count). The Hall–Kier alpha value is -0.610. The molecule has 4 heteroatoms. The van der Waals surface area contributed by atoms with Crippen molar-refractivity contribution in [1.82, 2.24) is 10.3 Å². The fraction of sp³-hybridized carbons (Fsp3) is 0.727. The number of rotatable bonds is 3. The van der Waals surface area contributed by atoms with Gasteiger partial charge in [-0.25, -0.2) is 4.98 Å². The molecule has 0 unspecified atom stereocenters. The summed E-state index contributed by atoms with van der Waals surface area (Å²) in [7, 11) is 4.02. The van der Waals surface area contributed by atoms with Gasteiger partial charge in [0.05, 0.1) is 11.2 Å². The molecule has 1 aromatic heterocycles. The van der Waals surface area contributed by atoms with Crippen LogP contribution in [0.15, 0.2) is 6.20 Å². The van der Waals surface area contributed by atoms with E-state index in [4.69, 9.17) is 0 Å². The van der Waals surface area contributed by atoms with Crippen molar-refractivity contribution in [2.24, 2.45) is 0 Å². The van der Waals surface area contributed by atoms with E-state index in [1.165, 1.54) is 35.7 Å². The number of thiazole rings is 1. The van der Waals surface area contributed by atoms with Crippen LogP contribution in [0.5, 0.6) is 0 Å². The van der Waals surface area contributed by atoms with Crippen molar-refractivity contribution in [1.29, 1.82) is 0 Å². The van der Waals surface area contributed by atoms with Gasteiger partial charge in [0.1, 0.15) is 5.00 Å². The minimum absolute atomic E-state index is 0.696. The average Bonchev–Trinajstić information content (AvgIpc) is 2.78. The van der Waals surface area contributed by atoms with Gasteiger partial charge in [-0.1, -0.05) is 0 Å². The summed E-state index contributed by atoms with van der Waals surface area (Å²) in [6.45, 7) is 0. The average molecular weight is 225 g/mol. The normalized spacial score (nSPS) is 26.5. The van der Waals surface area contributed by atoms with E-state index in [-0.39, 0.29) is 0 Å². The molecule has 1 saturated carbocycles. The van der Waals surface area contributed by atoms with Gasteiger partial charge in [0, 0.05) is 19.0 Å². The quantitative estimate of drug-likeness (QED) is 0.829. The maximum absolute atomic E-state index is 4.50. The fourth-order valence-corrected chi connectivity index (χ4v) is 3.16. The van der Waals surface area contributed by atoms with Crippen molar-refractivity contribution in [3.05, 3.63) is 11.2 Å². The fourth-order valence-electron chi connectivity index (χ4n) is 2.22. The summed E-state index contributed by atoms with van der Waals surface area (Å²) in [6.07, 6.45) is 7.08. The van der Waals surface area contributed by atoms with Crippen LogP contribution in [0.25, 0.3) is 0 Å². The molecule has 0 aliphatic heterocycles. The minimum Gasteiger partial charge on any atom is -0.379 e. The number of anilines is 1. The van der Waals surface area contributed by atoms with Crippen molar-refractivity contribution in [2.45, 2.75) is 37.6 Å². The van der Waals surface area contributed by atoms with E-state index in [1.807, 2.05) is 13.2 Å². The molecule has 1 heterocycles. The zero-order valence-electron chi connectivity index (χ0n) is 9.42. The molecule has 0 aromatic carbocycles. The molecule has 3 nitrogen and oxygen atoms in total. The molecule has 0 radical (unpaired) electrons. The van der Waals surface area contributed by atoms with Gasteiger partial charge in [-0.2, -0.15) is 0 Å². The molecule has 0 amide bonds. The van der Waals surface area contributed by atoms with Crippen LogP contribution < -0.4 is 10.6 Å². The van der Waals surface area contributed by atoms with Crippen LogP contribution in [0.3, 0.4) is 0 Å². The molecule has 0 spiro atoms. The summed E-state index contributed by atoms with van der Waals surface area (Å²) >= 11 is 1.81. The highest BCUT2D eigenvalue weighted by atomic mass is 32.1. The van der Waals surface area contributed by atoms with Crippen molar-refractivity contribution in [3.63, 3.8) is 0 Å². The first-order valence-corrected chi connectivity index (χ1v) is 6.46. The van der Waals surface area contributed by atoms with E-state index in [0.29, 0.717) is 5.92 Å². The summed E-state index contributed by atoms with van der Waals surface area (Å²) in [5.41, 5.74) is 0. The van der Waals surface area contributed by atoms with Gasteiger partial charge >= 0.3 is 0 Å². The predicted octanol–water partition coefficient (Wildman–Crippen LogP) is 2.43. The van der Waals surface area contributed by atoms with Gasteiger partial charge in [-0.15, -0.1) is 11.3 Å². The van der Waals surface area contributed by atoms with Crippen LogP contribution in [-0.4, -0.2) is 25.1 Å². The first-order chi connectivity index (χ1) is 7.33. The lowest BCUT2D eigenvalue weighted by molar-refractivity contribution is 0.358. The Labute approximate surface area is 95.3 Å². The largest absolute Gasteiger partial charge is 0.379 e. The maximum Gasteiger partial charge on any atom is 0.108 e. The highest BCUT2D eigenvalue weighted by Crippen LogP contribution is 2.35. The Balaban J connectivity index is 1.95. The van der Waals surface area contributed by atoms with Crippen molar-refractivity contribution in [2.75, 3.05) is 19.4 Å². The smallest absolute Gasteiger partial charge is 0.108 e. The van der Waals surface area contributed by atoms with Crippen molar-refractivity contribution in [3.8, 4) is 0 Å². The third-order valence-corrected chi connectivity index (χ3v) is 4.43. The number of hydrogen-bond acceptors (Lipinski definition) is 4. The van der Waals surface area contributed by atoms with Gasteiger partial charge in [0.15, 0.2) is 0 Å². The number of nitrogens with one attached hydrogen (secondary N) is 2. The molecule has 1 fully saturated rings. The Morgan fingerprint density at radius 2 is 2.00 bits per heavy atom. The van der Waals surface area contributed by atoms with Gasteiger partial charge in [0.25, 0.3) is 0 Å². The van der Waals surface area contributed by atoms with E-state index >= 15 is 0 Å². The molecule has 0 atom stereocenters. The molecule has 1 aromatic rings. The predicted molar refractivity (Wildman–Crippen MR) is 65.7 cm³/mol. The first-order valence-electron chi connectivity index (χ1n) is 5.64. The second-order valence-electron chi connectivity index (χ2n) is 4.15. The molecule has 0 saturated heterocycles. The van der Waals surface area contributed by atoms with Crippen LogP contribution in [0, 0.1) is 0 Å². The maximum atomic E-state index is 4.50. The van der Waals surface area contributed by atoms with Gasteiger partial charge < -0.3 is 10.6 Å². The third kappa shape index (κ3) is 2.49. The van der Waals surface area contributed by atoms with E-state index in [0.717, 1.165) is 6.04 Å². The molecular formula is C11H19N3S. The van der Waals surface area contributed by atoms with E-state index in [2.05, 4.69) is 22.7 Å². The monoisotopic (exact) mass is 225 g/mol. The number of nitrogens with zero attached hydrogens (tertiary/aromatic N) is 1. The van der Waals surface area contributed by atoms with Gasteiger partial charge in [0.2, 0.25) is 0 Å². The molecule has 1 aliphatic carbocycles. The van der Waals surface area contributed by atoms with Gasteiger partial charge in [-0.3, -0.25) is 0 Å². The molecule has 2 N–H and O–H groups in total. The molecule has 15 heavy (non-hydrogen) atoms. The summed E-state index contributed by atoms with van der Waals surface area (Å²) in [5, 5.41) is 9.01. The Kier molecular flexibility index (Phi) is 3.59. The Morgan fingerprint density at radius 3 is 2.53 bits per heavy atom. The van der Waals surface area contributed by atoms with Crippen molar-refractivity contribution < 1.29 is 0 Å². The summed E-state index contributed by atoms with van der Waals surface area (Å²) in [4.78, 5) is 4.50. The standard InChI is InChI=1S/C11H19N3S/c1-12-9-5-3-8(4-6-9)11-14-7-10(13-2)15-11/h7-9,12-13H,3-6H2,1-2H3. The van der Waals surface area contributed by atoms with Crippen LogP contribution in [-0.2, 0) is 0 Å². The molecular weight excluding hydrogens is 206 g/mol. The topological polar surface area (TPSA) is 37.0 Å². The van der Waals surface area contributed by atoms with Crippen molar-refractivity contribution >= 4 is 16.3 Å². The SMILES string of the molecule is CNc1cnc(C2CCC(NC)CC2)s1. The lowest BCUT2D eigenvalue weighted by Gasteiger charge is -2.26. The molecule has 1 aliphatic rings. The first kappa shape index (κ1) is 10.9. The Morgan fingerprint density at radius 1 is 1.27 bits per heavy atom. The lowest BCUT2D eigenvalue weighted by atomic mass is 9.86. The van der Waals surface area contributed by atoms with E-state index in [1.54, 1.807) is 11.3 Å². The molecule has 0 bridgehead atoms. The highest BCUT2D eigenvalue weighted by molar-refractivity contribution is 7.15. The van der Waals surface area contributed by atoms with E-state index in [9.17, 15) is 0 Å².